The highest BCUT2D eigenvalue weighted by molar-refractivity contribution is 6.01. The minimum absolute atomic E-state index is 0.155. The number of pyridine rings is 1. The molecule has 1 N–H and O–H groups in total. The van der Waals surface area contributed by atoms with Gasteiger partial charge in [-0.25, -0.2) is 14.4 Å². The number of anilines is 2. The lowest BCUT2D eigenvalue weighted by molar-refractivity contribution is -0.140. The fourth-order valence-corrected chi connectivity index (χ4v) is 4.11. The van der Waals surface area contributed by atoms with Gasteiger partial charge in [0.05, 0.1) is 42.3 Å². The molecule has 1 fully saturated rings. The fourth-order valence-electron chi connectivity index (χ4n) is 4.11. The number of rotatable bonds is 4. The van der Waals surface area contributed by atoms with Crippen molar-refractivity contribution in [2.75, 3.05) is 30.0 Å². The molecule has 4 heterocycles. The van der Waals surface area contributed by atoms with Gasteiger partial charge in [0.25, 0.3) is 0 Å². The molecule has 9 nitrogen and oxygen atoms in total. The lowest BCUT2D eigenvalue weighted by atomic mass is 10.0. The lowest BCUT2D eigenvalue weighted by Crippen LogP contribution is -2.32. The summed E-state index contributed by atoms with van der Waals surface area (Å²) in [5.41, 5.74) is -0.249. The fraction of sp³-hybridized carbons (Fsp3) is 0.318. The molecule has 182 valence electrons. The van der Waals surface area contributed by atoms with Crippen molar-refractivity contribution in [3.8, 4) is 0 Å². The van der Waals surface area contributed by atoms with Gasteiger partial charge in [0.1, 0.15) is 24.3 Å². The Morgan fingerprint density at radius 2 is 2.00 bits per heavy atom. The van der Waals surface area contributed by atoms with Gasteiger partial charge >= 0.3 is 6.18 Å². The number of halogens is 4. The molecule has 0 radical (unpaired) electrons. The van der Waals surface area contributed by atoms with Crippen LogP contribution in [0.5, 0.6) is 0 Å². The van der Waals surface area contributed by atoms with Crippen molar-refractivity contribution in [1.82, 2.24) is 24.6 Å². The first-order chi connectivity index (χ1) is 16.8. The SMILES string of the molecule is C[C@@H](Nc1ncnc2c1cc(N1CCOCCC1=O)c1nncn12)c1cccc(C(F)(F)F)c1F. The number of carbonyl (C=O) groups is 1. The summed E-state index contributed by atoms with van der Waals surface area (Å²) in [5.74, 6) is -1.26. The van der Waals surface area contributed by atoms with Gasteiger partial charge in [0, 0.05) is 12.1 Å². The zero-order valence-corrected chi connectivity index (χ0v) is 18.4. The van der Waals surface area contributed by atoms with E-state index in [1.54, 1.807) is 15.4 Å². The van der Waals surface area contributed by atoms with Crippen molar-refractivity contribution >= 4 is 34.1 Å². The average Bonchev–Trinajstić information content (AvgIpc) is 3.21. The Bertz CT molecular complexity index is 1420. The predicted octanol–water partition coefficient (Wildman–Crippen LogP) is 3.76. The van der Waals surface area contributed by atoms with E-state index >= 15 is 0 Å². The van der Waals surface area contributed by atoms with Crippen LogP contribution in [0.2, 0.25) is 0 Å². The minimum Gasteiger partial charge on any atom is -0.379 e. The number of benzene rings is 1. The molecule has 3 aromatic heterocycles. The maximum absolute atomic E-state index is 14.7. The van der Waals surface area contributed by atoms with E-state index in [1.807, 2.05) is 0 Å². The molecule has 13 heteroatoms. The van der Waals surface area contributed by atoms with Gasteiger partial charge in [-0.2, -0.15) is 13.2 Å². The van der Waals surface area contributed by atoms with Crippen molar-refractivity contribution in [2.45, 2.75) is 25.6 Å². The highest BCUT2D eigenvalue weighted by atomic mass is 19.4. The molecule has 1 amide bonds. The molecular weight excluding hydrogens is 470 g/mol. The molecule has 0 saturated carbocycles. The van der Waals surface area contributed by atoms with Crippen LogP contribution < -0.4 is 10.2 Å². The van der Waals surface area contributed by atoms with Crippen LogP contribution >= 0.6 is 0 Å². The monoisotopic (exact) mass is 489 g/mol. The van der Waals surface area contributed by atoms with E-state index < -0.39 is 23.6 Å². The number of carbonyl (C=O) groups excluding carboxylic acids is 1. The van der Waals surface area contributed by atoms with Gasteiger partial charge in [-0.3, -0.25) is 9.20 Å². The average molecular weight is 489 g/mol. The van der Waals surface area contributed by atoms with Gasteiger partial charge in [-0.05, 0) is 19.1 Å². The zero-order valence-electron chi connectivity index (χ0n) is 18.4. The number of ether oxygens (including phenoxy) is 1. The summed E-state index contributed by atoms with van der Waals surface area (Å²) < 4.78 is 61.3. The van der Waals surface area contributed by atoms with Crippen LogP contribution in [0.3, 0.4) is 0 Å². The minimum atomic E-state index is -4.82. The van der Waals surface area contributed by atoms with Gasteiger partial charge in [0.15, 0.2) is 11.3 Å². The van der Waals surface area contributed by atoms with E-state index in [1.165, 1.54) is 25.6 Å². The van der Waals surface area contributed by atoms with Crippen LogP contribution in [0.25, 0.3) is 16.7 Å². The van der Waals surface area contributed by atoms with E-state index in [-0.39, 0.29) is 23.7 Å². The second kappa shape index (κ2) is 8.73. The number of fused-ring (bicyclic) bond motifs is 3. The van der Waals surface area contributed by atoms with Crippen LogP contribution in [0, 0.1) is 5.82 Å². The molecule has 0 spiro atoms. The van der Waals surface area contributed by atoms with E-state index in [2.05, 4.69) is 25.5 Å². The van der Waals surface area contributed by atoms with Crippen molar-refractivity contribution in [3.05, 3.63) is 53.9 Å². The van der Waals surface area contributed by atoms with Gasteiger partial charge in [-0.1, -0.05) is 12.1 Å². The molecule has 4 aromatic rings. The number of aromatic nitrogens is 5. The number of amides is 1. The summed E-state index contributed by atoms with van der Waals surface area (Å²) >= 11 is 0. The van der Waals surface area contributed by atoms with Crippen LogP contribution in [0.1, 0.15) is 30.5 Å². The number of alkyl halides is 3. The first-order valence-corrected chi connectivity index (χ1v) is 10.7. The third-order valence-corrected chi connectivity index (χ3v) is 5.81. The number of hydrogen-bond donors (Lipinski definition) is 1. The highest BCUT2D eigenvalue weighted by Crippen LogP contribution is 2.35. The van der Waals surface area contributed by atoms with Crippen molar-refractivity contribution in [2.24, 2.45) is 0 Å². The Labute approximate surface area is 195 Å². The molecule has 5 rings (SSSR count). The third-order valence-electron chi connectivity index (χ3n) is 5.81. The van der Waals surface area contributed by atoms with Gasteiger partial charge in [-0.15, -0.1) is 10.2 Å². The molecule has 0 bridgehead atoms. The van der Waals surface area contributed by atoms with Crippen molar-refractivity contribution in [1.29, 1.82) is 0 Å². The van der Waals surface area contributed by atoms with E-state index in [4.69, 9.17) is 4.74 Å². The van der Waals surface area contributed by atoms with Crippen molar-refractivity contribution < 1.29 is 27.1 Å². The number of nitrogens with zero attached hydrogens (tertiary/aromatic N) is 6. The lowest BCUT2D eigenvalue weighted by Gasteiger charge is -2.22. The maximum atomic E-state index is 14.7. The number of hydrogen-bond acceptors (Lipinski definition) is 7. The molecule has 0 aliphatic carbocycles. The maximum Gasteiger partial charge on any atom is 0.419 e. The first-order valence-electron chi connectivity index (χ1n) is 10.7. The molecule has 1 saturated heterocycles. The van der Waals surface area contributed by atoms with E-state index in [0.717, 1.165) is 6.07 Å². The third kappa shape index (κ3) is 4.11. The predicted molar refractivity (Wildman–Crippen MR) is 117 cm³/mol. The summed E-state index contributed by atoms with van der Waals surface area (Å²) in [5, 5.41) is 11.5. The molecule has 1 aliphatic heterocycles. The Hall–Kier alpha value is -3.87. The van der Waals surface area contributed by atoms with Crippen LogP contribution in [-0.4, -0.2) is 50.2 Å². The van der Waals surface area contributed by atoms with Crippen LogP contribution in [0.4, 0.5) is 29.1 Å². The quantitative estimate of drug-likeness (QED) is 0.436. The second-order valence-corrected chi connectivity index (χ2v) is 7.99. The summed E-state index contributed by atoms with van der Waals surface area (Å²) in [6.45, 7) is 2.48. The molecule has 35 heavy (non-hydrogen) atoms. The molecule has 1 atom stereocenters. The first kappa shape index (κ1) is 22.9. The summed E-state index contributed by atoms with van der Waals surface area (Å²) in [6.07, 6.45) is -1.92. The van der Waals surface area contributed by atoms with Gasteiger partial charge < -0.3 is 15.0 Å². The summed E-state index contributed by atoms with van der Waals surface area (Å²) in [7, 11) is 0. The molecular formula is C22H19F4N7O2. The smallest absolute Gasteiger partial charge is 0.379 e. The topological polar surface area (TPSA) is 97.5 Å². The Kier molecular flexibility index (Phi) is 5.71. The summed E-state index contributed by atoms with van der Waals surface area (Å²) in [6, 6.07) is 3.93. The normalized spacial score (nSPS) is 16.0. The highest BCUT2D eigenvalue weighted by Gasteiger charge is 2.35. The standard InChI is InChI=1S/C22H19F4N7O2/c1-12(13-3-2-4-15(18(13)23)22(24,25)26)30-19-14-9-16(32-6-8-35-7-5-17(32)34)21-31-29-11-33(21)20(14)28-10-27-19/h2-4,9-12H,5-8H2,1H3,(H,27,28,30)/t12-/m1/s1. The Balaban J connectivity index is 1.60. The molecule has 0 unspecified atom stereocenters. The van der Waals surface area contributed by atoms with Crippen LogP contribution in [0.15, 0.2) is 36.9 Å². The van der Waals surface area contributed by atoms with Crippen molar-refractivity contribution in [3.63, 3.8) is 0 Å². The zero-order chi connectivity index (χ0) is 24.7. The van der Waals surface area contributed by atoms with Crippen LogP contribution in [-0.2, 0) is 15.7 Å². The Morgan fingerprint density at radius 3 is 2.80 bits per heavy atom. The molecule has 1 aromatic carbocycles. The summed E-state index contributed by atoms with van der Waals surface area (Å²) in [4.78, 5) is 22.8. The Morgan fingerprint density at radius 1 is 1.17 bits per heavy atom. The molecule has 1 aliphatic rings. The largest absolute Gasteiger partial charge is 0.419 e. The van der Waals surface area contributed by atoms with E-state index in [9.17, 15) is 22.4 Å². The second-order valence-electron chi connectivity index (χ2n) is 7.99. The van der Waals surface area contributed by atoms with Gasteiger partial charge in [0.2, 0.25) is 5.91 Å². The van der Waals surface area contributed by atoms with E-state index in [0.29, 0.717) is 48.2 Å². The number of nitrogens with one attached hydrogen (secondary N) is 1.